The largest absolute Gasteiger partial charge is 0.464 e. The van der Waals surface area contributed by atoms with Gasteiger partial charge in [0.2, 0.25) is 11.8 Å². The average molecular weight is 643 g/mol. The van der Waals surface area contributed by atoms with Crippen molar-refractivity contribution in [3.05, 3.63) is 83.4 Å². The molecule has 0 spiro atoms. The van der Waals surface area contributed by atoms with Crippen LogP contribution in [0.3, 0.4) is 0 Å². The summed E-state index contributed by atoms with van der Waals surface area (Å²) in [5.41, 5.74) is 4.00. The van der Waals surface area contributed by atoms with Crippen LogP contribution in [0, 0.1) is 6.92 Å². The minimum Gasteiger partial charge on any atom is -0.464 e. The van der Waals surface area contributed by atoms with Crippen molar-refractivity contribution < 1.29 is 28.7 Å². The van der Waals surface area contributed by atoms with Gasteiger partial charge >= 0.3 is 12.0 Å². The Morgan fingerprint density at radius 2 is 1.60 bits per heavy atom. The van der Waals surface area contributed by atoms with Gasteiger partial charge < -0.3 is 35.4 Å². The third-order valence-electron chi connectivity index (χ3n) is 7.98. The summed E-state index contributed by atoms with van der Waals surface area (Å²) in [6.07, 6.45) is 0.0139. The van der Waals surface area contributed by atoms with Crippen molar-refractivity contribution in [1.82, 2.24) is 9.80 Å². The quantitative estimate of drug-likeness (QED) is 0.233. The Hall–Kier alpha value is -5.23. The molecule has 3 aromatic carbocycles. The minimum absolute atomic E-state index is 0.0248. The summed E-state index contributed by atoms with van der Waals surface area (Å²) in [6, 6.07) is 18.8. The van der Waals surface area contributed by atoms with E-state index in [0.29, 0.717) is 29.3 Å². The summed E-state index contributed by atoms with van der Waals surface area (Å²) in [5, 5.41) is 8.41. The van der Waals surface area contributed by atoms with Crippen LogP contribution in [-0.2, 0) is 25.5 Å². The number of para-hydroxylation sites is 1. The molecule has 47 heavy (non-hydrogen) atoms. The van der Waals surface area contributed by atoms with Gasteiger partial charge in [-0.1, -0.05) is 44.2 Å². The Bertz CT molecular complexity index is 1600. The second-order valence-electron chi connectivity index (χ2n) is 11.2. The summed E-state index contributed by atoms with van der Waals surface area (Å²) >= 11 is 0. The highest BCUT2D eigenvalue weighted by Gasteiger charge is 2.30. The molecule has 0 radical (unpaired) electrons. The van der Waals surface area contributed by atoms with E-state index in [2.05, 4.69) is 20.9 Å². The Balaban J connectivity index is 1.33. The SMILES string of the molecule is CCN(CC)CCOC(=O)CCN1CC(=O)N(C)c2ccc(NC(=O)Cc3ccc(NC(=O)Nc4ccccc4C)cc3)cc2C1=O. The number of nitrogens with zero attached hydrogens (tertiary/aromatic N) is 3. The highest BCUT2D eigenvalue weighted by Crippen LogP contribution is 2.28. The zero-order valence-electron chi connectivity index (χ0n) is 27.3. The maximum absolute atomic E-state index is 13.5. The number of anilines is 4. The van der Waals surface area contributed by atoms with E-state index in [0.717, 1.165) is 24.2 Å². The molecule has 0 atom stereocenters. The van der Waals surface area contributed by atoms with Crippen LogP contribution in [0.15, 0.2) is 66.7 Å². The molecule has 5 amide bonds. The maximum atomic E-state index is 13.5. The van der Waals surface area contributed by atoms with Crippen LogP contribution in [0.1, 0.15) is 41.8 Å². The number of esters is 1. The van der Waals surface area contributed by atoms with Crippen LogP contribution < -0.4 is 20.9 Å². The number of carbonyl (C=O) groups excluding carboxylic acids is 5. The first-order valence-electron chi connectivity index (χ1n) is 15.7. The normalized spacial score (nSPS) is 12.8. The fourth-order valence-corrected chi connectivity index (χ4v) is 5.13. The fraction of sp³-hybridized carbons (Fsp3) is 0.343. The molecule has 0 saturated heterocycles. The van der Waals surface area contributed by atoms with Crippen molar-refractivity contribution in [3.63, 3.8) is 0 Å². The van der Waals surface area contributed by atoms with E-state index in [9.17, 15) is 24.0 Å². The van der Waals surface area contributed by atoms with E-state index in [-0.39, 0.29) is 55.9 Å². The van der Waals surface area contributed by atoms with Gasteiger partial charge in [-0.05, 0) is 67.5 Å². The van der Waals surface area contributed by atoms with Gasteiger partial charge in [-0.2, -0.15) is 0 Å². The van der Waals surface area contributed by atoms with E-state index in [1.807, 2.05) is 45.0 Å². The summed E-state index contributed by atoms with van der Waals surface area (Å²) in [7, 11) is 1.59. The van der Waals surface area contributed by atoms with E-state index in [4.69, 9.17) is 4.74 Å². The number of nitrogens with one attached hydrogen (secondary N) is 3. The number of ether oxygens (including phenoxy) is 1. The van der Waals surface area contributed by atoms with E-state index in [1.54, 1.807) is 49.5 Å². The highest BCUT2D eigenvalue weighted by molar-refractivity contribution is 6.10. The van der Waals surface area contributed by atoms with Crippen LogP contribution in [-0.4, -0.2) is 85.9 Å². The van der Waals surface area contributed by atoms with Gasteiger partial charge in [0, 0.05) is 37.2 Å². The Morgan fingerprint density at radius 1 is 0.894 bits per heavy atom. The number of benzene rings is 3. The second kappa shape index (κ2) is 16.4. The van der Waals surface area contributed by atoms with E-state index in [1.165, 1.54) is 9.80 Å². The fourth-order valence-electron chi connectivity index (χ4n) is 5.13. The molecule has 0 aliphatic carbocycles. The number of urea groups is 1. The Morgan fingerprint density at radius 3 is 2.30 bits per heavy atom. The predicted molar refractivity (Wildman–Crippen MR) is 182 cm³/mol. The molecule has 1 aliphatic rings. The third kappa shape index (κ3) is 9.63. The maximum Gasteiger partial charge on any atom is 0.323 e. The lowest BCUT2D eigenvalue weighted by molar-refractivity contribution is -0.144. The molecular formula is C35H42N6O6. The number of amides is 5. The number of rotatable bonds is 13. The van der Waals surface area contributed by atoms with E-state index < -0.39 is 11.9 Å². The van der Waals surface area contributed by atoms with Crippen molar-refractivity contribution in [2.45, 2.75) is 33.6 Å². The number of hydrogen-bond donors (Lipinski definition) is 3. The lowest BCUT2D eigenvalue weighted by Gasteiger charge is -2.20. The van der Waals surface area contributed by atoms with Gasteiger partial charge in [0.25, 0.3) is 5.91 Å². The first-order chi connectivity index (χ1) is 22.6. The predicted octanol–water partition coefficient (Wildman–Crippen LogP) is 4.51. The first-order valence-corrected chi connectivity index (χ1v) is 15.7. The first kappa shape index (κ1) is 34.6. The summed E-state index contributed by atoms with van der Waals surface area (Å²) in [6.45, 7) is 8.42. The average Bonchev–Trinajstić information content (AvgIpc) is 3.14. The second-order valence-corrected chi connectivity index (χ2v) is 11.2. The summed E-state index contributed by atoms with van der Waals surface area (Å²) < 4.78 is 5.33. The molecule has 0 aromatic heterocycles. The molecule has 0 unspecified atom stereocenters. The smallest absolute Gasteiger partial charge is 0.323 e. The third-order valence-corrected chi connectivity index (χ3v) is 7.98. The Kier molecular flexibility index (Phi) is 12.1. The molecule has 1 heterocycles. The topological polar surface area (TPSA) is 140 Å². The molecule has 248 valence electrons. The molecule has 12 nitrogen and oxygen atoms in total. The summed E-state index contributed by atoms with van der Waals surface area (Å²) in [5.74, 6) is -1.46. The van der Waals surface area contributed by atoms with Gasteiger partial charge in [0.05, 0.1) is 24.1 Å². The van der Waals surface area contributed by atoms with Gasteiger partial charge in [-0.25, -0.2) is 4.79 Å². The number of fused-ring (bicyclic) bond motifs is 1. The standard InChI is InChI=1S/C35H42N6O6/c1-5-40(6-2)19-20-47-33(44)17-18-41-23-32(43)39(4)30-16-15-27(22-28(30)34(41)45)36-31(42)21-25-11-13-26(14-12-25)37-35(46)38-29-10-8-7-9-24(29)3/h7-16,22H,5-6,17-21,23H2,1-4H3,(H,36,42)(H2,37,38,46). The van der Waals surface area contributed by atoms with Crippen molar-refractivity contribution in [3.8, 4) is 0 Å². The monoisotopic (exact) mass is 642 g/mol. The van der Waals surface area contributed by atoms with Gasteiger partial charge in [-0.15, -0.1) is 0 Å². The van der Waals surface area contributed by atoms with Crippen LogP contribution in [0.5, 0.6) is 0 Å². The van der Waals surface area contributed by atoms with Crippen LogP contribution >= 0.6 is 0 Å². The lowest BCUT2D eigenvalue weighted by Crippen LogP contribution is -2.39. The molecule has 12 heteroatoms. The van der Waals surface area contributed by atoms with Crippen molar-refractivity contribution in [2.24, 2.45) is 0 Å². The Labute approximate surface area is 275 Å². The summed E-state index contributed by atoms with van der Waals surface area (Å²) in [4.78, 5) is 68.9. The molecule has 4 rings (SSSR count). The zero-order valence-corrected chi connectivity index (χ0v) is 27.3. The number of aryl methyl sites for hydroxylation is 1. The van der Waals surface area contributed by atoms with Gasteiger partial charge in [0.1, 0.15) is 13.2 Å². The zero-order chi connectivity index (χ0) is 33.9. The molecule has 1 aliphatic heterocycles. The molecular weight excluding hydrogens is 600 g/mol. The minimum atomic E-state index is -0.439. The number of carbonyl (C=O) groups is 5. The van der Waals surface area contributed by atoms with Crippen LogP contribution in [0.25, 0.3) is 0 Å². The number of hydrogen-bond acceptors (Lipinski definition) is 7. The number of likely N-dealkylation sites (N-methyl/N-ethyl adjacent to an activating group) is 2. The van der Waals surface area contributed by atoms with Crippen molar-refractivity contribution in [1.29, 1.82) is 0 Å². The van der Waals surface area contributed by atoms with Gasteiger partial charge in [-0.3, -0.25) is 19.2 Å². The van der Waals surface area contributed by atoms with E-state index >= 15 is 0 Å². The molecule has 0 bridgehead atoms. The molecule has 3 aromatic rings. The lowest BCUT2D eigenvalue weighted by atomic mass is 10.1. The van der Waals surface area contributed by atoms with Gasteiger partial charge in [0.15, 0.2) is 0 Å². The molecule has 0 fully saturated rings. The highest BCUT2D eigenvalue weighted by atomic mass is 16.5. The van der Waals surface area contributed by atoms with Crippen molar-refractivity contribution >= 4 is 52.5 Å². The van der Waals surface area contributed by atoms with Crippen molar-refractivity contribution in [2.75, 3.05) is 67.2 Å². The van der Waals surface area contributed by atoms with Crippen LogP contribution in [0.4, 0.5) is 27.5 Å². The molecule has 3 N–H and O–H groups in total. The van der Waals surface area contributed by atoms with Crippen LogP contribution in [0.2, 0.25) is 0 Å². The molecule has 0 saturated carbocycles.